The van der Waals surface area contributed by atoms with Crippen molar-refractivity contribution >= 4 is 12.0 Å². The third kappa shape index (κ3) is 7.09. The van der Waals surface area contributed by atoms with Gasteiger partial charge in [0.2, 0.25) is 0 Å². The van der Waals surface area contributed by atoms with Crippen LogP contribution in [-0.4, -0.2) is 41.6 Å². The standard InChI is InChI=1S/C11H22N2O3/c1-5-13(8-11(2,3)4)10(16)12-7-6-9(14)15/h5-8H2,1-4H3,(H,12,16)(H,14,15). The highest BCUT2D eigenvalue weighted by atomic mass is 16.4. The molecule has 5 nitrogen and oxygen atoms in total. The summed E-state index contributed by atoms with van der Waals surface area (Å²) in [6, 6.07) is -0.196. The number of nitrogens with zero attached hydrogens (tertiary/aromatic N) is 1. The van der Waals surface area contributed by atoms with Crippen LogP contribution in [-0.2, 0) is 4.79 Å². The molecule has 2 N–H and O–H groups in total. The van der Waals surface area contributed by atoms with Gasteiger partial charge in [0, 0.05) is 19.6 Å². The zero-order valence-corrected chi connectivity index (χ0v) is 10.5. The van der Waals surface area contributed by atoms with E-state index >= 15 is 0 Å². The van der Waals surface area contributed by atoms with Crippen molar-refractivity contribution in [1.29, 1.82) is 0 Å². The summed E-state index contributed by atoms with van der Waals surface area (Å²) in [4.78, 5) is 23.6. The Hall–Kier alpha value is -1.26. The Morgan fingerprint density at radius 3 is 2.25 bits per heavy atom. The highest BCUT2D eigenvalue weighted by molar-refractivity contribution is 5.75. The van der Waals surface area contributed by atoms with Gasteiger partial charge in [-0.05, 0) is 12.3 Å². The smallest absolute Gasteiger partial charge is 0.317 e. The fourth-order valence-electron chi connectivity index (χ4n) is 1.29. The normalized spacial score (nSPS) is 11.0. The van der Waals surface area contributed by atoms with Crippen LogP contribution in [0.15, 0.2) is 0 Å². The lowest BCUT2D eigenvalue weighted by Gasteiger charge is -2.29. The average Bonchev–Trinajstić information content (AvgIpc) is 2.11. The molecule has 0 rings (SSSR count). The minimum Gasteiger partial charge on any atom is -0.481 e. The molecule has 0 radical (unpaired) electrons. The molecule has 2 amide bonds. The van der Waals surface area contributed by atoms with Gasteiger partial charge in [0.15, 0.2) is 0 Å². The molecule has 0 bridgehead atoms. The molecule has 0 heterocycles. The summed E-state index contributed by atoms with van der Waals surface area (Å²) in [5.41, 5.74) is 0.0418. The van der Waals surface area contributed by atoms with E-state index in [1.165, 1.54) is 0 Å². The first kappa shape index (κ1) is 14.7. The zero-order valence-electron chi connectivity index (χ0n) is 10.5. The molecular formula is C11H22N2O3. The molecular weight excluding hydrogens is 208 g/mol. The van der Waals surface area contributed by atoms with E-state index in [4.69, 9.17) is 5.11 Å². The molecule has 0 aromatic carbocycles. The van der Waals surface area contributed by atoms with Crippen LogP contribution in [0.3, 0.4) is 0 Å². The second-order valence-corrected chi connectivity index (χ2v) is 4.95. The number of hydrogen-bond donors (Lipinski definition) is 2. The number of amides is 2. The molecule has 0 aliphatic rings. The molecule has 0 aliphatic heterocycles. The Kier molecular flexibility index (Phi) is 5.85. The van der Waals surface area contributed by atoms with Gasteiger partial charge in [-0.1, -0.05) is 20.8 Å². The first-order chi connectivity index (χ1) is 7.26. The summed E-state index contributed by atoms with van der Waals surface area (Å²) in [5, 5.41) is 11.0. The Labute approximate surface area is 96.8 Å². The van der Waals surface area contributed by atoms with E-state index in [1.807, 2.05) is 6.92 Å². The van der Waals surface area contributed by atoms with Crippen LogP contribution < -0.4 is 5.32 Å². The van der Waals surface area contributed by atoms with Crippen molar-refractivity contribution in [1.82, 2.24) is 10.2 Å². The highest BCUT2D eigenvalue weighted by Crippen LogP contribution is 2.14. The number of hydrogen-bond acceptors (Lipinski definition) is 2. The van der Waals surface area contributed by atoms with Crippen molar-refractivity contribution in [3.05, 3.63) is 0 Å². The number of carboxylic acids is 1. The van der Waals surface area contributed by atoms with Crippen molar-refractivity contribution in [2.24, 2.45) is 5.41 Å². The zero-order chi connectivity index (χ0) is 12.8. The summed E-state index contributed by atoms with van der Waals surface area (Å²) < 4.78 is 0. The van der Waals surface area contributed by atoms with Crippen molar-refractivity contribution in [3.63, 3.8) is 0 Å². The molecule has 0 atom stereocenters. The minimum atomic E-state index is -0.904. The second-order valence-electron chi connectivity index (χ2n) is 4.95. The molecule has 0 spiro atoms. The van der Waals surface area contributed by atoms with Gasteiger partial charge in [-0.2, -0.15) is 0 Å². The number of carboxylic acid groups (broad SMARTS) is 1. The number of carbonyl (C=O) groups excluding carboxylic acids is 1. The summed E-state index contributed by atoms with van der Waals surface area (Å²) >= 11 is 0. The topological polar surface area (TPSA) is 69.6 Å². The molecule has 0 aliphatic carbocycles. The lowest BCUT2D eigenvalue weighted by atomic mass is 9.96. The average molecular weight is 230 g/mol. The van der Waals surface area contributed by atoms with Gasteiger partial charge in [-0.25, -0.2) is 4.79 Å². The molecule has 0 saturated heterocycles. The van der Waals surface area contributed by atoms with Crippen LogP contribution in [0.2, 0.25) is 0 Å². The van der Waals surface area contributed by atoms with E-state index < -0.39 is 5.97 Å². The summed E-state index contributed by atoms with van der Waals surface area (Å²) in [6.07, 6.45) is -0.0428. The number of urea groups is 1. The summed E-state index contributed by atoms with van der Waals surface area (Å²) in [5.74, 6) is -0.904. The SMILES string of the molecule is CCN(CC(C)(C)C)C(=O)NCCC(=O)O. The number of aliphatic carboxylic acids is 1. The van der Waals surface area contributed by atoms with Crippen LogP contribution in [0, 0.1) is 5.41 Å². The van der Waals surface area contributed by atoms with E-state index in [1.54, 1.807) is 4.90 Å². The maximum Gasteiger partial charge on any atom is 0.317 e. The monoisotopic (exact) mass is 230 g/mol. The lowest BCUT2D eigenvalue weighted by Crippen LogP contribution is -2.44. The molecule has 94 valence electrons. The Morgan fingerprint density at radius 1 is 1.31 bits per heavy atom. The van der Waals surface area contributed by atoms with Crippen molar-refractivity contribution < 1.29 is 14.7 Å². The van der Waals surface area contributed by atoms with Crippen LogP contribution in [0.4, 0.5) is 4.79 Å². The molecule has 0 fully saturated rings. The maximum absolute atomic E-state index is 11.7. The maximum atomic E-state index is 11.7. The third-order valence-corrected chi connectivity index (χ3v) is 1.95. The predicted octanol–water partition coefficient (Wildman–Crippen LogP) is 1.54. The van der Waals surface area contributed by atoms with E-state index in [0.29, 0.717) is 13.1 Å². The van der Waals surface area contributed by atoms with Crippen LogP contribution in [0.25, 0.3) is 0 Å². The Balaban J connectivity index is 4.06. The van der Waals surface area contributed by atoms with Gasteiger partial charge in [-0.15, -0.1) is 0 Å². The Bertz CT molecular complexity index is 246. The van der Waals surface area contributed by atoms with Gasteiger partial charge >= 0.3 is 12.0 Å². The van der Waals surface area contributed by atoms with Gasteiger partial charge in [0.25, 0.3) is 0 Å². The first-order valence-electron chi connectivity index (χ1n) is 5.51. The van der Waals surface area contributed by atoms with E-state index in [2.05, 4.69) is 26.1 Å². The van der Waals surface area contributed by atoms with E-state index in [0.717, 1.165) is 0 Å². The van der Waals surface area contributed by atoms with Crippen LogP contribution in [0.5, 0.6) is 0 Å². The molecule has 0 unspecified atom stereocenters. The first-order valence-corrected chi connectivity index (χ1v) is 5.51. The third-order valence-electron chi connectivity index (χ3n) is 1.95. The van der Waals surface area contributed by atoms with Gasteiger partial charge in [0.1, 0.15) is 0 Å². The molecule has 0 aromatic rings. The lowest BCUT2D eigenvalue weighted by molar-refractivity contribution is -0.136. The van der Waals surface area contributed by atoms with Crippen LogP contribution in [0.1, 0.15) is 34.1 Å². The van der Waals surface area contributed by atoms with Gasteiger partial charge in [-0.3, -0.25) is 4.79 Å². The fourth-order valence-corrected chi connectivity index (χ4v) is 1.29. The molecule has 5 heteroatoms. The second kappa shape index (κ2) is 6.35. The molecule has 0 aromatic heterocycles. The predicted molar refractivity (Wildman–Crippen MR) is 62.4 cm³/mol. The molecule has 0 saturated carbocycles. The Morgan fingerprint density at radius 2 is 1.88 bits per heavy atom. The molecule has 16 heavy (non-hydrogen) atoms. The van der Waals surface area contributed by atoms with E-state index in [9.17, 15) is 9.59 Å². The largest absolute Gasteiger partial charge is 0.481 e. The number of carbonyl (C=O) groups is 2. The van der Waals surface area contributed by atoms with Crippen molar-refractivity contribution in [2.75, 3.05) is 19.6 Å². The van der Waals surface area contributed by atoms with Crippen molar-refractivity contribution in [2.45, 2.75) is 34.1 Å². The van der Waals surface area contributed by atoms with Gasteiger partial charge < -0.3 is 15.3 Å². The summed E-state index contributed by atoms with van der Waals surface area (Å²) in [6.45, 7) is 9.52. The highest BCUT2D eigenvalue weighted by Gasteiger charge is 2.19. The summed E-state index contributed by atoms with van der Waals surface area (Å²) in [7, 11) is 0. The van der Waals surface area contributed by atoms with E-state index in [-0.39, 0.29) is 24.4 Å². The van der Waals surface area contributed by atoms with Crippen molar-refractivity contribution in [3.8, 4) is 0 Å². The van der Waals surface area contributed by atoms with Crippen LogP contribution >= 0.6 is 0 Å². The quantitative estimate of drug-likeness (QED) is 0.752. The number of nitrogens with one attached hydrogen (secondary N) is 1. The number of rotatable bonds is 5. The fraction of sp³-hybridized carbons (Fsp3) is 0.818. The minimum absolute atomic E-state index is 0.0418. The van der Waals surface area contributed by atoms with Gasteiger partial charge in [0.05, 0.1) is 6.42 Å².